The summed E-state index contributed by atoms with van der Waals surface area (Å²) in [6.45, 7) is -0.518. The van der Waals surface area contributed by atoms with E-state index in [0.717, 1.165) is 18.2 Å². The molecule has 0 radical (unpaired) electrons. The Hall–Kier alpha value is -3.16. The van der Waals surface area contributed by atoms with Crippen LogP contribution in [-0.4, -0.2) is 31.0 Å². The summed E-state index contributed by atoms with van der Waals surface area (Å²) in [6, 6.07) is 7.61. The molecule has 0 heterocycles. The van der Waals surface area contributed by atoms with Crippen molar-refractivity contribution in [1.82, 2.24) is 0 Å². The molecule has 0 atom stereocenters. The first-order valence-corrected chi connectivity index (χ1v) is 6.75. The number of carbonyl (C=O) groups is 1. The lowest BCUT2D eigenvalue weighted by atomic mass is 10.2. The van der Waals surface area contributed by atoms with Crippen molar-refractivity contribution in [1.29, 1.82) is 0 Å². The minimum atomic E-state index is -1.12. The number of anilines is 1. The third kappa shape index (κ3) is 4.94. The molecule has 0 aromatic heterocycles. The highest BCUT2D eigenvalue weighted by atomic mass is 19.1. The number of aliphatic carboxylic acids is 1. The van der Waals surface area contributed by atoms with Gasteiger partial charge in [0, 0.05) is 11.6 Å². The molecule has 0 aliphatic heterocycles. The van der Waals surface area contributed by atoms with Gasteiger partial charge in [-0.3, -0.25) is 5.43 Å². The molecule has 8 heteroatoms. The van der Waals surface area contributed by atoms with Crippen LogP contribution >= 0.6 is 0 Å². The van der Waals surface area contributed by atoms with Gasteiger partial charge in [0.1, 0.15) is 23.1 Å². The number of benzene rings is 2. The van der Waals surface area contributed by atoms with Crippen molar-refractivity contribution in [2.24, 2.45) is 5.10 Å². The van der Waals surface area contributed by atoms with Gasteiger partial charge in [-0.05, 0) is 30.3 Å². The first kappa shape index (κ1) is 17.2. The molecule has 0 aliphatic carbocycles. The van der Waals surface area contributed by atoms with Crippen LogP contribution in [0.15, 0.2) is 41.5 Å². The van der Waals surface area contributed by atoms with Gasteiger partial charge in [0.2, 0.25) is 0 Å². The van der Waals surface area contributed by atoms with Gasteiger partial charge < -0.3 is 14.6 Å². The molecular formula is C16H14F2N2O4. The van der Waals surface area contributed by atoms with Crippen LogP contribution in [-0.2, 0) is 4.79 Å². The van der Waals surface area contributed by atoms with Crippen molar-refractivity contribution >= 4 is 17.9 Å². The van der Waals surface area contributed by atoms with E-state index in [4.69, 9.17) is 14.6 Å². The molecule has 0 bridgehead atoms. The highest BCUT2D eigenvalue weighted by Gasteiger charge is 2.06. The Morgan fingerprint density at radius 3 is 2.58 bits per heavy atom. The quantitative estimate of drug-likeness (QED) is 0.600. The van der Waals surface area contributed by atoms with Crippen LogP contribution in [0.2, 0.25) is 0 Å². The first-order valence-electron chi connectivity index (χ1n) is 6.75. The number of hydrogen-bond acceptors (Lipinski definition) is 5. The summed E-state index contributed by atoms with van der Waals surface area (Å²) >= 11 is 0. The zero-order valence-corrected chi connectivity index (χ0v) is 12.6. The number of hydrazone groups is 1. The van der Waals surface area contributed by atoms with Crippen LogP contribution in [0.4, 0.5) is 14.5 Å². The zero-order valence-electron chi connectivity index (χ0n) is 12.6. The van der Waals surface area contributed by atoms with Crippen LogP contribution in [0.3, 0.4) is 0 Å². The fraction of sp³-hybridized carbons (Fsp3) is 0.125. The van der Waals surface area contributed by atoms with Crippen molar-refractivity contribution in [2.75, 3.05) is 19.1 Å². The second-order valence-corrected chi connectivity index (χ2v) is 4.61. The third-order valence-electron chi connectivity index (χ3n) is 2.83. The van der Waals surface area contributed by atoms with Crippen molar-refractivity contribution in [2.45, 2.75) is 0 Å². The van der Waals surface area contributed by atoms with Crippen LogP contribution in [0.1, 0.15) is 5.56 Å². The Labute approximate surface area is 136 Å². The molecule has 0 aliphatic rings. The van der Waals surface area contributed by atoms with E-state index in [1.54, 1.807) is 12.1 Å². The Morgan fingerprint density at radius 1 is 1.25 bits per heavy atom. The summed E-state index contributed by atoms with van der Waals surface area (Å²) in [5, 5.41) is 12.5. The van der Waals surface area contributed by atoms with Crippen molar-refractivity contribution in [3.63, 3.8) is 0 Å². The Kier molecular flexibility index (Phi) is 5.67. The molecule has 0 saturated carbocycles. The predicted molar refractivity (Wildman–Crippen MR) is 83.7 cm³/mol. The van der Waals surface area contributed by atoms with Crippen LogP contribution in [0.25, 0.3) is 0 Å². The van der Waals surface area contributed by atoms with E-state index in [0.29, 0.717) is 11.3 Å². The summed E-state index contributed by atoms with van der Waals surface area (Å²) in [6.07, 6.45) is 1.32. The summed E-state index contributed by atoms with van der Waals surface area (Å²) in [7, 11) is 1.47. The van der Waals surface area contributed by atoms with E-state index >= 15 is 0 Å². The van der Waals surface area contributed by atoms with Crippen molar-refractivity contribution in [3.05, 3.63) is 53.6 Å². The van der Waals surface area contributed by atoms with E-state index in [9.17, 15) is 13.6 Å². The smallest absolute Gasteiger partial charge is 0.341 e. The summed E-state index contributed by atoms with van der Waals surface area (Å²) < 4.78 is 36.4. The van der Waals surface area contributed by atoms with Gasteiger partial charge in [0.05, 0.1) is 19.0 Å². The van der Waals surface area contributed by atoms with Gasteiger partial charge in [-0.25, -0.2) is 13.6 Å². The third-order valence-corrected chi connectivity index (χ3v) is 2.83. The second kappa shape index (κ2) is 7.91. The predicted octanol–water partition coefficient (Wildman–Crippen LogP) is 2.88. The molecule has 2 rings (SSSR count). The monoisotopic (exact) mass is 336 g/mol. The van der Waals surface area contributed by atoms with Gasteiger partial charge >= 0.3 is 5.97 Å². The number of rotatable bonds is 7. The number of hydrogen-bond donors (Lipinski definition) is 2. The van der Waals surface area contributed by atoms with Gasteiger partial charge in [0.25, 0.3) is 0 Å². The number of carboxylic acid groups (broad SMARTS) is 1. The number of carboxylic acids is 1. The van der Waals surface area contributed by atoms with Crippen LogP contribution in [0, 0.1) is 11.6 Å². The molecule has 0 fully saturated rings. The van der Waals surface area contributed by atoms with Gasteiger partial charge in [-0.15, -0.1) is 0 Å². The van der Waals surface area contributed by atoms with Crippen LogP contribution in [0.5, 0.6) is 11.5 Å². The SMILES string of the molecule is COc1ccc(OCC(=O)O)c(/C=N/Nc2cc(F)cc(F)c2)c1. The lowest BCUT2D eigenvalue weighted by Crippen LogP contribution is -2.10. The van der Waals surface area contributed by atoms with E-state index in [2.05, 4.69) is 10.5 Å². The highest BCUT2D eigenvalue weighted by Crippen LogP contribution is 2.23. The summed E-state index contributed by atoms with van der Waals surface area (Å²) in [5.74, 6) is -1.81. The molecule has 24 heavy (non-hydrogen) atoms. The molecule has 2 aromatic carbocycles. The number of nitrogens with zero attached hydrogens (tertiary/aromatic N) is 1. The van der Waals surface area contributed by atoms with E-state index < -0.39 is 24.2 Å². The first-order chi connectivity index (χ1) is 11.5. The second-order valence-electron chi connectivity index (χ2n) is 4.61. The summed E-state index contributed by atoms with van der Waals surface area (Å²) in [5.41, 5.74) is 3.04. The molecule has 2 N–H and O–H groups in total. The molecular weight excluding hydrogens is 322 g/mol. The fourth-order valence-corrected chi connectivity index (χ4v) is 1.82. The highest BCUT2D eigenvalue weighted by molar-refractivity contribution is 5.85. The van der Waals surface area contributed by atoms with E-state index in [1.807, 2.05) is 0 Å². The number of methoxy groups -OCH3 is 1. The Balaban J connectivity index is 2.17. The molecule has 0 amide bonds. The van der Waals surface area contributed by atoms with E-state index in [-0.39, 0.29) is 11.4 Å². The van der Waals surface area contributed by atoms with Gasteiger partial charge in [-0.2, -0.15) is 5.10 Å². The minimum absolute atomic E-state index is 0.125. The molecule has 126 valence electrons. The molecule has 0 unspecified atom stereocenters. The maximum Gasteiger partial charge on any atom is 0.341 e. The van der Waals surface area contributed by atoms with Crippen molar-refractivity contribution in [3.8, 4) is 11.5 Å². The average molecular weight is 336 g/mol. The molecule has 0 saturated heterocycles. The summed E-state index contributed by atoms with van der Waals surface area (Å²) in [4.78, 5) is 10.6. The fourth-order valence-electron chi connectivity index (χ4n) is 1.82. The topological polar surface area (TPSA) is 80.2 Å². The van der Waals surface area contributed by atoms with E-state index in [1.165, 1.54) is 19.4 Å². The lowest BCUT2D eigenvalue weighted by molar-refractivity contribution is -0.139. The van der Waals surface area contributed by atoms with Gasteiger partial charge in [-0.1, -0.05) is 0 Å². The molecule has 2 aromatic rings. The largest absolute Gasteiger partial charge is 0.497 e. The van der Waals surface area contributed by atoms with Crippen molar-refractivity contribution < 1.29 is 28.2 Å². The Morgan fingerprint density at radius 2 is 1.96 bits per heavy atom. The maximum absolute atomic E-state index is 13.1. The number of halogens is 2. The standard InChI is InChI=1S/C16H14F2N2O4/c1-23-14-2-3-15(24-9-16(21)22)10(4-14)8-19-20-13-6-11(17)5-12(18)7-13/h2-8,20H,9H2,1H3,(H,21,22)/b19-8+. The molecule has 0 spiro atoms. The lowest BCUT2D eigenvalue weighted by Gasteiger charge is -2.09. The van der Waals surface area contributed by atoms with Gasteiger partial charge in [0.15, 0.2) is 6.61 Å². The minimum Gasteiger partial charge on any atom is -0.497 e. The number of nitrogens with one attached hydrogen (secondary N) is 1. The number of ether oxygens (including phenoxy) is 2. The zero-order chi connectivity index (χ0) is 17.5. The molecule has 6 nitrogen and oxygen atoms in total. The maximum atomic E-state index is 13.1. The Bertz CT molecular complexity index is 745. The normalized spacial score (nSPS) is 10.6. The van der Waals surface area contributed by atoms with Crippen LogP contribution < -0.4 is 14.9 Å². The average Bonchev–Trinajstić information content (AvgIpc) is 2.52.